The molecule has 3 aromatic rings. The normalized spacial score (nSPS) is 15.7. The maximum absolute atomic E-state index is 14.8. The Kier molecular flexibility index (Phi) is 6.31. The Morgan fingerprint density at radius 2 is 1.94 bits per heavy atom. The lowest BCUT2D eigenvalue weighted by Gasteiger charge is -2.36. The van der Waals surface area contributed by atoms with E-state index in [1.807, 2.05) is 6.07 Å². The van der Waals surface area contributed by atoms with Crippen LogP contribution < -0.4 is 15.5 Å². The number of methoxy groups -OCH3 is 1. The number of carbonyl (C=O) groups is 2. The first-order chi connectivity index (χ1) is 16.1. The number of rotatable bonds is 6. The van der Waals surface area contributed by atoms with Crippen LogP contribution in [-0.4, -0.2) is 43.5 Å². The number of ether oxygens (including phenoxy) is 1. The van der Waals surface area contributed by atoms with Crippen LogP contribution in [0.25, 0.3) is 0 Å². The first kappa shape index (κ1) is 23.7. The standard InChI is InChI=1S/C25H27FN2O5Si/c1-32-17-6-7-18-16(13-17)9-10-28(25(31)21-14-23(30)27-33-21)24(18)20(29)12-15-5-8-22(19(26)11-15)34(2,3)4/h5-8,11,13-14,24H,9-10,12H2,1-4H3,(H,27,30)/t24-/m1/s1. The number of amides is 1. The van der Waals surface area contributed by atoms with Crippen molar-refractivity contribution in [2.45, 2.75) is 38.5 Å². The number of halogens is 1. The van der Waals surface area contributed by atoms with Crippen LogP contribution in [0.1, 0.15) is 33.3 Å². The summed E-state index contributed by atoms with van der Waals surface area (Å²) in [6.45, 7) is 6.44. The second-order valence-corrected chi connectivity index (χ2v) is 14.5. The van der Waals surface area contributed by atoms with Gasteiger partial charge in [0.1, 0.15) is 17.6 Å². The van der Waals surface area contributed by atoms with E-state index >= 15 is 0 Å². The van der Waals surface area contributed by atoms with Gasteiger partial charge in [-0.1, -0.05) is 37.8 Å². The van der Waals surface area contributed by atoms with Gasteiger partial charge >= 0.3 is 0 Å². The average Bonchev–Trinajstić information content (AvgIpc) is 3.22. The fourth-order valence-corrected chi connectivity index (χ4v) is 5.77. The third kappa shape index (κ3) is 4.61. The van der Waals surface area contributed by atoms with E-state index in [9.17, 15) is 18.8 Å². The van der Waals surface area contributed by atoms with Crippen molar-refractivity contribution >= 4 is 25.0 Å². The fourth-order valence-electron chi connectivity index (χ4n) is 4.40. The fraction of sp³-hybridized carbons (Fsp3) is 0.320. The zero-order valence-electron chi connectivity index (χ0n) is 19.6. The zero-order chi connectivity index (χ0) is 24.6. The van der Waals surface area contributed by atoms with E-state index in [-0.39, 0.29) is 30.3 Å². The van der Waals surface area contributed by atoms with Gasteiger partial charge in [0, 0.05) is 13.0 Å². The van der Waals surface area contributed by atoms with Crippen LogP contribution in [0, 0.1) is 5.82 Å². The van der Waals surface area contributed by atoms with Gasteiger partial charge in [-0.2, -0.15) is 5.16 Å². The van der Waals surface area contributed by atoms with Crippen LogP contribution >= 0.6 is 0 Å². The molecule has 1 aromatic heterocycles. The number of nitrogens with one attached hydrogen (secondary N) is 1. The Hall–Kier alpha value is -3.46. The molecule has 1 N–H and O–H groups in total. The molecule has 178 valence electrons. The lowest BCUT2D eigenvalue weighted by Crippen LogP contribution is -2.44. The second-order valence-electron chi connectivity index (χ2n) is 9.50. The number of aromatic amines is 1. The van der Waals surface area contributed by atoms with Crippen molar-refractivity contribution in [3.05, 3.63) is 81.1 Å². The summed E-state index contributed by atoms with van der Waals surface area (Å²) >= 11 is 0. The molecule has 9 heteroatoms. The molecule has 4 rings (SSSR count). The Bertz CT molecular complexity index is 1310. The van der Waals surface area contributed by atoms with Crippen molar-refractivity contribution in [2.75, 3.05) is 13.7 Å². The van der Waals surface area contributed by atoms with Gasteiger partial charge in [0.05, 0.1) is 21.3 Å². The highest BCUT2D eigenvalue weighted by molar-refractivity contribution is 6.88. The molecule has 7 nitrogen and oxygen atoms in total. The van der Waals surface area contributed by atoms with Crippen molar-refractivity contribution in [1.82, 2.24) is 10.1 Å². The molecule has 2 heterocycles. The topological polar surface area (TPSA) is 92.6 Å². The average molecular weight is 483 g/mol. The lowest BCUT2D eigenvalue weighted by molar-refractivity contribution is -0.123. The number of ketones is 1. The summed E-state index contributed by atoms with van der Waals surface area (Å²) in [4.78, 5) is 39.7. The summed E-state index contributed by atoms with van der Waals surface area (Å²) in [7, 11) is -0.289. The molecule has 1 aliphatic rings. The molecule has 2 aromatic carbocycles. The molecule has 0 fully saturated rings. The molecular formula is C25H27FN2O5Si. The third-order valence-electron chi connectivity index (χ3n) is 6.10. The van der Waals surface area contributed by atoms with E-state index in [0.29, 0.717) is 28.5 Å². The number of Topliss-reactive ketones (excluding diaryl/α,β-unsaturated/α-hetero) is 1. The predicted molar refractivity (Wildman–Crippen MR) is 128 cm³/mol. The Labute approximate surface area is 197 Å². The number of hydrogen-bond donors (Lipinski definition) is 1. The van der Waals surface area contributed by atoms with E-state index < -0.39 is 25.6 Å². The van der Waals surface area contributed by atoms with E-state index in [1.54, 1.807) is 31.4 Å². The summed E-state index contributed by atoms with van der Waals surface area (Å²) in [6.07, 6.45) is 0.468. The zero-order valence-corrected chi connectivity index (χ0v) is 20.6. The van der Waals surface area contributed by atoms with Crippen LogP contribution in [0.15, 0.2) is 51.8 Å². The highest BCUT2D eigenvalue weighted by Crippen LogP contribution is 2.34. The first-order valence-electron chi connectivity index (χ1n) is 11.1. The van der Waals surface area contributed by atoms with Gasteiger partial charge in [-0.25, -0.2) is 4.39 Å². The molecule has 0 spiro atoms. The van der Waals surface area contributed by atoms with Gasteiger partial charge in [-0.15, -0.1) is 0 Å². The molecule has 0 saturated heterocycles. The minimum atomic E-state index is -1.85. The third-order valence-corrected chi connectivity index (χ3v) is 8.12. The highest BCUT2D eigenvalue weighted by Gasteiger charge is 2.37. The number of fused-ring (bicyclic) bond motifs is 1. The van der Waals surface area contributed by atoms with Gasteiger partial charge in [-0.05, 0) is 46.5 Å². The van der Waals surface area contributed by atoms with Crippen LogP contribution in [-0.2, 0) is 17.6 Å². The van der Waals surface area contributed by atoms with Crippen LogP contribution in [0.3, 0.4) is 0 Å². The second kappa shape index (κ2) is 9.06. The SMILES string of the molecule is COc1ccc2c(c1)CCN(C(=O)c1cc(=O)[nH]o1)[C@H]2C(=O)Cc1ccc([Si](C)(C)C)c(F)c1. The molecule has 34 heavy (non-hydrogen) atoms. The monoisotopic (exact) mass is 482 g/mol. The van der Waals surface area contributed by atoms with Gasteiger partial charge in [-0.3, -0.25) is 14.4 Å². The van der Waals surface area contributed by atoms with Crippen LogP contribution in [0.2, 0.25) is 19.6 Å². The van der Waals surface area contributed by atoms with E-state index in [1.165, 1.54) is 11.0 Å². The molecule has 0 unspecified atom stereocenters. The van der Waals surface area contributed by atoms with E-state index in [0.717, 1.165) is 11.6 Å². The lowest BCUT2D eigenvalue weighted by atomic mass is 9.87. The summed E-state index contributed by atoms with van der Waals surface area (Å²) in [5, 5.41) is 2.82. The number of carbonyl (C=O) groups excluding carboxylic acids is 2. The molecule has 0 saturated carbocycles. The number of benzene rings is 2. The smallest absolute Gasteiger partial charge is 0.293 e. The van der Waals surface area contributed by atoms with E-state index in [2.05, 4.69) is 24.8 Å². The molecule has 0 bridgehead atoms. The maximum atomic E-state index is 14.8. The summed E-state index contributed by atoms with van der Waals surface area (Å²) < 4.78 is 25.1. The van der Waals surface area contributed by atoms with Crippen molar-refractivity contribution < 1.29 is 23.2 Å². The van der Waals surface area contributed by atoms with Crippen molar-refractivity contribution in [3.8, 4) is 5.75 Å². The van der Waals surface area contributed by atoms with Crippen LogP contribution in [0.5, 0.6) is 5.75 Å². The Morgan fingerprint density at radius 3 is 2.56 bits per heavy atom. The van der Waals surface area contributed by atoms with Crippen molar-refractivity contribution in [2.24, 2.45) is 0 Å². The van der Waals surface area contributed by atoms with E-state index in [4.69, 9.17) is 9.26 Å². The quantitative estimate of drug-likeness (QED) is 0.545. The summed E-state index contributed by atoms with van der Waals surface area (Å²) in [6, 6.07) is 10.5. The van der Waals surface area contributed by atoms with Crippen molar-refractivity contribution in [1.29, 1.82) is 0 Å². The Morgan fingerprint density at radius 1 is 1.18 bits per heavy atom. The summed E-state index contributed by atoms with van der Waals surface area (Å²) in [5.41, 5.74) is 1.59. The molecule has 0 aliphatic carbocycles. The molecule has 1 aliphatic heterocycles. The molecule has 0 radical (unpaired) electrons. The maximum Gasteiger partial charge on any atom is 0.293 e. The molecule has 1 atom stereocenters. The minimum Gasteiger partial charge on any atom is -0.497 e. The largest absolute Gasteiger partial charge is 0.497 e. The number of aromatic nitrogens is 1. The van der Waals surface area contributed by atoms with Gasteiger partial charge in [0.2, 0.25) is 5.76 Å². The highest BCUT2D eigenvalue weighted by atomic mass is 28.3. The Balaban J connectivity index is 1.70. The van der Waals surface area contributed by atoms with Crippen LogP contribution in [0.4, 0.5) is 4.39 Å². The predicted octanol–water partition coefficient (Wildman–Crippen LogP) is 3.21. The number of hydrogen-bond acceptors (Lipinski definition) is 5. The molecule has 1 amide bonds. The minimum absolute atomic E-state index is 0.0418. The van der Waals surface area contributed by atoms with Gasteiger partial charge in [0.25, 0.3) is 11.5 Å². The number of H-pyrrole nitrogens is 1. The molecular weight excluding hydrogens is 455 g/mol. The van der Waals surface area contributed by atoms with Gasteiger partial charge < -0.3 is 14.2 Å². The van der Waals surface area contributed by atoms with Gasteiger partial charge in [0.15, 0.2) is 5.78 Å². The summed E-state index contributed by atoms with van der Waals surface area (Å²) in [5.74, 6) is -0.619. The number of nitrogens with zero attached hydrogens (tertiary/aromatic N) is 1. The van der Waals surface area contributed by atoms with Crippen molar-refractivity contribution in [3.63, 3.8) is 0 Å². The first-order valence-corrected chi connectivity index (χ1v) is 14.6.